The van der Waals surface area contributed by atoms with Crippen LogP contribution < -0.4 is 11.1 Å². The summed E-state index contributed by atoms with van der Waals surface area (Å²) < 4.78 is 0. The monoisotopic (exact) mass is 261 g/mol. The molecule has 1 heterocycles. The molecule has 1 atom stereocenters. The Balaban J connectivity index is 2.01. The van der Waals surface area contributed by atoms with Crippen LogP contribution in [-0.2, 0) is 11.3 Å². The molecule has 4 heteroatoms. The van der Waals surface area contributed by atoms with E-state index in [-0.39, 0.29) is 11.3 Å². The molecule has 104 valence electrons. The van der Waals surface area contributed by atoms with E-state index in [1.807, 2.05) is 18.2 Å². The molecular weight excluding hydrogens is 238 g/mol. The summed E-state index contributed by atoms with van der Waals surface area (Å²) in [5.74, 6) is -0.259. The summed E-state index contributed by atoms with van der Waals surface area (Å²) in [4.78, 5) is 13.4. The van der Waals surface area contributed by atoms with Crippen molar-refractivity contribution < 1.29 is 4.79 Å². The summed E-state index contributed by atoms with van der Waals surface area (Å²) >= 11 is 0. The van der Waals surface area contributed by atoms with Gasteiger partial charge in [-0.25, -0.2) is 0 Å². The Morgan fingerprint density at radius 2 is 2.16 bits per heavy atom. The van der Waals surface area contributed by atoms with Crippen molar-refractivity contribution in [2.24, 2.45) is 11.1 Å². The Hall–Kier alpha value is -1.39. The number of hydrogen-bond donors (Lipinski definition) is 2. The maximum atomic E-state index is 11.2. The first kappa shape index (κ1) is 14.0. The summed E-state index contributed by atoms with van der Waals surface area (Å²) in [5, 5.41) is 3.39. The third-order valence-corrected chi connectivity index (χ3v) is 3.69. The Morgan fingerprint density at radius 3 is 2.74 bits per heavy atom. The van der Waals surface area contributed by atoms with Crippen molar-refractivity contribution in [3.63, 3.8) is 0 Å². The van der Waals surface area contributed by atoms with E-state index in [0.29, 0.717) is 6.54 Å². The number of amides is 1. The van der Waals surface area contributed by atoms with E-state index in [2.05, 4.69) is 29.3 Å². The van der Waals surface area contributed by atoms with Crippen molar-refractivity contribution in [1.29, 1.82) is 0 Å². The highest BCUT2D eigenvalue weighted by molar-refractivity contribution is 5.75. The van der Waals surface area contributed by atoms with Crippen LogP contribution in [0.5, 0.6) is 0 Å². The molecule has 2 rings (SSSR count). The molecule has 1 aromatic carbocycles. The number of carbonyl (C=O) groups excluding carboxylic acids is 1. The number of primary amides is 1. The molecule has 1 aliphatic rings. The minimum Gasteiger partial charge on any atom is -0.369 e. The van der Waals surface area contributed by atoms with Crippen LogP contribution in [0.2, 0.25) is 0 Å². The number of rotatable bonds is 6. The van der Waals surface area contributed by atoms with E-state index in [9.17, 15) is 4.79 Å². The zero-order valence-electron chi connectivity index (χ0n) is 11.6. The zero-order chi connectivity index (χ0) is 13.7. The predicted octanol–water partition coefficient (Wildman–Crippen LogP) is 0.973. The number of benzene rings is 1. The first-order valence-corrected chi connectivity index (χ1v) is 6.83. The summed E-state index contributed by atoms with van der Waals surface area (Å²) in [5.41, 5.74) is 6.83. The van der Waals surface area contributed by atoms with Crippen molar-refractivity contribution in [2.75, 3.05) is 26.2 Å². The third kappa shape index (κ3) is 4.33. The summed E-state index contributed by atoms with van der Waals surface area (Å²) in [6.45, 7) is 6.34. The van der Waals surface area contributed by atoms with E-state index in [1.165, 1.54) is 5.56 Å². The van der Waals surface area contributed by atoms with E-state index in [0.717, 1.165) is 32.6 Å². The fourth-order valence-electron chi connectivity index (χ4n) is 2.77. The van der Waals surface area contributed by atoms with Gasteiger partial charge in [-0.3, -0.25) is 9.69 Å². The SMILES string of the molecule is CC1(CN(CC(N)=O)Cc2ccccc2)CCNC1. The smallest absolute Gasteiger partial charge is 0.231 e. The Bertz CT molecular complexity index is 413. The lowest BCUT2D eigenvalue weighted by Crippen LogP contribution is -2.41. The highest BCUT2D eigenvalue weighted by Gasteiger charge is 2.31. The minimum absolute atomic E-state index is 0.240. The molecule has 3 N–H and O–H groups in total. The number of hydrogen-bond acceptors (Lipinski definition) is 3. The molecule has 1 aliphatic heterocycles. The Labute approximate surface area is 115 Å². The normalized spacial score (nSPS) is 22.8. The first-order chi connectivity index (χ1) is 9.07. The maximum Gasteiger partial charge on any atom is 0.231 e. The molecule has 4 nitrogen and oxygen atoms in total. The highest BCUT2D eigenvalue weighted by Crippen LogP contribution is 2.26. The molecule has 1 aromatic rings. The van der Waals surface area contributed by atoms with Gasteiger partial charge in [0.15, 0.2) is 0 Å². The van der Waals surface area contributed by atoms with Crippen LogP contribution in [0.3, 0.4) is 0 Å². The molecule has 19 heavy (non-hydrogen) atoms. The minimum atomic E-state index is -0.259. The quantitative estimate of drug-likeness (QED) is 0.802. The number of nitrogens with one attached hydrogen (secondary N) is 1. The predicted molar refractivity (Wildman–Crippen MR) is 76.5 cm³/mol. The standard InChI is InChI=1S/C15H23N3O/c1-15(7-8-17-11-15)12-18(10-14(16)19)9-13-5-3-2-4-6-13/h2-6,17H,7-12H2,1H3,(H2,16,19). The molecule has 1 fully saturated rings. The number of nitrogens with two attached hydrogens (primary N) is 1. The summed E-state index contributed by atoms with van der Waals surface area (Å²) in [7, 11) is 0. The fraction of sp³-hybridized carbons (Fsp3) is 0.533. The van der Waals surface area contributed by atoms with E-state index < -0.39 is 0 Å². The molecule has 0 spiro atoms. The Kier molecular flexibility index (Phi) is 4.56. The topological polar surface area (TPSA) is 58.4 Å². The first-order valence-electron chi connectivity index (χ1n) is 6.83. The average molecular weight is 261 g/mol. The lowest BCUT2D eigenvalue weighted by atomic mass is 9.89. The van der Waals surface area contributed by atoms with Gasteiger partial charge in [-0.05, 0) is 23.9 Å². The van der Waals surface area contributed by atoms with Gasteiger partial charge in [0.2, 0.25) is 5.91 Å². The van der Waals surface area contributed by atoms with Gasteiger partial charge in [-0.1, -0.05) is 37.3 Å². The lowest BCUT2D eigenvalue weighted by molar-refractivity contribution is -0.119. The largest absolute Gasteiger partial charge is 0.369 e. The zero-order valence-corrected chi connectivity index (χ0v) is 11.6. The average Bonchev–Trinajstić information content (AvgIpc) is 2.76. The van der Waals surface area contributed by atoms with Gasteiger partial charge in [0, 0.05) is 19.6 Å². The molecule has 0 radical (unpaired) electrons. The van der Waals surface area contributed by atoms with Gasteiger partial charge in [-0.15, -0.1) is 0 Å². The fourth-order valence-corrected chi connectivity index (χ4v) is 2.77. The molecule has 1 unspecified atom stereocenters. The summed E-state index contributed by atoms with van der Waals surface area (Å²) in [6, 6.07) is 10.2. The van der Waals surface area contributed by atoms with Crippen LogP contribution in [0.4, 0.5) is 0 Å². The van der Waals surface area contributed by atoms with Gasteiger partial charge in [-0.2, -0.15) is 0 Å². The van der Waals surface area contributed by atoms with Crippen LogP contribution in [0.1, 0.15) is 18.9 Å². The van der Waals surface area contributed by atoms with Gasteiger partial charge in [0.05, 0.1) is 6.54 Å². The van der Waals surface area contributed by atoms with Crippen molar-refractivity contribution in [3.8, 4) is 0 Å². The van der Waals surface area contributed by atoms with Crippen molar-refractivity contribution in [3.05, 3.63) is 35.9 Å². The van der Waals surface area contributed by atoms with Crippen molar-refractivity contribution in [1.82, 2.24) is 10.2 Å². The highest BCUT2D eigenvalue weighted by atomic mass is 16.1. The van der Waals surface area contributed by atoms with Crippen LogP contribution in [0.25, 0.3) is 0 Å². The molecule has 0 aromatic heterocycles. The molecule has 1 amide bonds. The van der Waals surface area contributed by atoms with Gasteiger partial charge in [0.25, 0.3) is 0 Å². The van der Waals surface area contributed by atoms with Crippen molar-refractivity contribution >= 4 is 5.91 Å². The molecule has 0 bridgehead atoms. The van der Waals surface area contributed by atoms with Crippen LogP contribution in [0.15, 0.2) is 30.3 Å². The Morgan fingerprint density at radius 1 is 1.42 bits per heavy atom. The summed E-state index contributed by atoms with van der Waals surface area (Å²) in [6.07, 6.45) is 1.15. The molecular formula is C15H23N3O. The molecule has 1 saturated heterocycles. The second-order valence-electron chi connectivity index (χ2n) is 5.83. The number of carbonyl (C=O) groups is 1. The lowest BCUT2D eigenvalue weighted by Gasteiger charge is -2.31. The van der Waals surface area contributed by atoms with E-state index >= 15 is 0 Å². The van der Waals surface area contributed by atoms with Gasteiger partial charge >= 0.3 is 0 Å². The van der Waals surface area contributed by atoms with E-state index in [4.69, 9.17) is 5.73 Å². The number of nitrogens with zero attached hydrogens (tertiary/aromatic N) is 1. The van der Waals surface area contributed by atoms with Crippen LogP contribution >= 0.6 is 0 Å². The van der Waals surface area contributed by atoms with Crippen molar-refractivity contribution in [2.45, 2.75) is 19.9 Å². The second kappa shape index (κ2) is 6.17. The van der Waals surface area contributed by atoms with Crippen LogP contribution in [-0.4, -0.2) is 37.0 Å². The van der Waals surface area contributed by atoms with Gasteiger partial charge in [0.1, 0.15) is 0 Å². The molecule has 0 saturated carbocycles. The molecule has 0 aliphatic carbocycles. The van der Waals surface area contributed by atoms with Crippen LogP contribution in [0, 0.1) is 5.41 Å². The second-order valence-corrected chi connectivity index (χ2v) is 5.83. The van der Waals surface area contributed by atoms with E-state index in [1.54, 1.807) is 0 Å². The van der Waals surface area contributed by atoms with Gasteiger partial charge < -0.3 is 11.1 Å². The third-order valence-electron chi connectivity index (χ3n) is 3.69. The maximum absolute atomic E-state index is 11.2.